The van der Waals surface area contributed by atoms with Crippen molar-refractivity contribution in [3.8, 4) is 0 Å². The molecule has 1 saturated heterocycles. The first-order valence-corrected chi connectivity index (χ1v) is 9.86. The molecule has 2 aromatic heterocycles. The molecule has 9 heteroatoms. The van der Waals surface area contributed by atoms with Crippen LogP contribution in [0.25, 0.3) is 0 Å². The molecule has 1 amide bonds. The SMILES string of the molecule is CCNC(=NCCc1c(C)nn(C)c1C)N1CCN(C(=O)c2ccco2)CC1.I. The Hall–Kier alpha value is -2.04. The third-order valence-corrected chi connectivity index (χ3v) is 5.22. The standard InChI is InChI=1S/C20H30N6O2.HI/c1-5-21-20(22-9-8-17-15(2)23-24(4)16(17)3)26-12-10-25(11-13-26)19(27)18-7-6-14-28-18;/h6-7,14H,5,8-13H2,1-4H3,(H,21,22);1H. The first-order chi connectivity index (χ1) is 13.5. The zero-order chi connectivity index (χ0) is 20.1. The molecule has 0 unspecified atom stereocenters. The van der Waals surface area contributed by atoms with E-state index >= 15 is 0 Å². The number of carbonyl (C=O) groups excluding carboxylic acids is 1. The molecule has 1 fully saturated rings. The van der Waals surface area contributed by atoms with Gasteiger partial charge < -0.3 is 19.5 Å². The molecule has 8 nitrogen and oxygen atoms in total. The number of aromatic nitrogens is 2. The summed E-state index contributed by atoms with van der Waals surface area (Å²) in [5, 5.41) is 7.86. The number of halogens is 1. The van der Waals surface area contributed by atoms with Crippen molar-refractivity contribution in [3.05, 3.63) is 41.1 Å². The fourth-order valence-electron chi connectivity index (χ4n) is 3.56. The minimum absolute atomic E-state index is 0. The van der Waals surface area contributed by atoms with Crippen LogP contribution < -0.4 is 5.32 Å². The van der Waals surface area contributed by atoms with E-state index in [1.54, 1.807) is 12.1 Å². The Labute approximate surface area is 189 Å². The fraction of sp³-hybridized carbons (Fsp3) is 0.550. The maximum Gasteiger partial charge on any atom is 0.289 e. The number of furan rings is 1. The van der Waals surface area contributed by atoms with E-state index in [9.17, 15) is 4.79 Å². The third-order valence-electron chi connectivity index (χ3n) is 5.22. The van der Waals surface area contributed by atoms with Gasteiger partial charge in [0, 0.05) is 52.0 Å². The van der Waals surface area contributed by atoms with Crippen molar-refractivity contribution in [2.45, 2.75) is 27.2 Å². The second-order valence-electron chi connectivity index (χ2n) is 7.02. The van der Waals surface area contributed by atoms with E-state index in [0.29, 0.717) is 25.4 Å². The quantitative estimate of drug-likeness (QED) is 0.376. The molecular formula is C20H31IN6O2. The van der Waals surface area contributed by atoms with Crippen LogP contribution >= 0.6 is 24.0 Å². The van der Waals surface area contributed by atoms with Crippen molar-refractivity contribution in [1.29, 1.82) is 0 Å². The average molecular weight is 514 g/mol. The topological polar surface area (TPSA) is 78.9 Å². The van der Waals surface area contributed by atoms with Gasteiger partial charge in [-0.2, -0.15) is 5.10 Å². The summed E-state index contributed by atoms with van der Waals surface area (Å²) in [5.74, 6) is 1.26. The molecule has 0 saturated carbocycles. The Kier molecular flexibility index (Phi) is 8.54. The number of carbonyl (C=O) groups is 1. The number of hydrogen-bond donors (Lipinski definition) is 1. The van der Waals surface area contributed by atoms with Gasteiger partial charge in [0.1, 0.15) is 0 Å². The molecule has 0 aromatic carbocycles. The second-order valence-corrected chi connectivity index (χ2v) is 7.02. The van der Waals surface area contributed by atoms with Crippen LogP contribution in [0.15, 0.2) is 27.8 Å². The van der Waals surface area contributed by atoms with Crippen molar-refractivity contribution in [3.63, 3.8) is 0 Å². The van der Waals surface area contributed by atoms with E-state index in [1.807, 2.05) is 23.6 Å². The van der Waals surface area contributed by atoms with Crippen LogP contribution in [0.2, 0.25) is 0 Å². The minimum atomic E-state index is -0.0471. The van der Waals surface area contributed by atoms with Gasteiger partial charge in [0.2, 0.25) is 0 Å². The third kappa shape index (κ3) is 5.52. The van der Waals surface area contributed by atoms with Gasteiger partial charge in [0.05, 0.1) is 12.0 Å². The molecule has 0 aliphatic carbocycles. The molecule has 1 N–H and O–H groups in total. The van der Waals surface area contributed by atoms with Crippen LogP contribution in [0.3, 0.4) is 0 Å². The number of rotatable bonds is 5. The van der Waals surface area contributed by atoms with Crippen LogP contribution in [-0.4, -0.2) is 70.7 Å². The Bertz CT molecular complexity index is 822. The Balaban J connectivity index is 0.00000300. The highest BCUT2D eigenvalue weighted by molar-refractivity contribution is 14.0. The molecule has 2 aromatic rings. The predicted molar refractivity (Wildman–Crippen MR) is 124 cm³/mol. The normalized spacial score (nSPS) is 14.7. The van der Waals surface area contributed by atoms with Gasteiger partial charge >= 0.3 is 0 Å². The van der Waals surface area contributed by atoms with Crippen molar-refractivity contribution < 1.29 is 9.21 Å². The number of nitrogens with one attached hydrogen (secondary N) is 1. The number of piperazine rings is 1. The highest BCUT2D eigenvalue weighted by atomic mass is 127. The largest absolute Gasteiger partial charge is 0.459 e. The van der Waals surface area contributed by atoms with Gasteiger partial charge in [-0.15, -0.1) is 24.0 Å². The smallest absolute Gasteiger partial charge is 0.289 e. The minimum Gasteiger partial charge on any atom is -0.459 e. The van der Waals surface area contributed by atoms with E-state index in [1.165, 1.54) is 17.5 Å². The molecule has 0 bridgehead atoms. The molecule has 0 atom stereocenters. The summed E-state index contributed by atoms with van der Waals surface area (Å²) in [5.41, 5.74) is 3.55. The predicted octanol–water partition coefficient (Wildman–Crippen LogP) is 2.21. The first kappa shape index (κ1) is 23.2. The zero-order valence-corrected chi connectivity index (χ0v) is 20.0. The highest BCUT2D eigenvalue weighted by Gasteiger charge is 2.25. The monoisotopic (exact) mass is 514 g/mol. The van der Waals surface area contributed by atoms with Crippen molar-refractivity contribution in [1.82, 2.24) is 24.9 Å². The lowest BCUT2D eigenvalue weighted by Gasteiger charge is -2.36. The van der Waals surface area contributed by atoms with Gasteiger partial charge in [-0.1, -0.05) is 0 Å². The maximum absolute atomic E-state index is 12.4. The molecule has 1 aliphatic heterocycles. The van der Waals surface area contributed by atoms with Gasteiger partial charge in [0.15, 0.2) is 11.7 Å². The lowest BCUT2D eigenvalue weighted by molar-refractivity contribution is 0.0657. The summed E-state index contributed by atoms with van der Waals surface area (Å²) in [4.78, 5) is 21.3. The lowest BCUT2D eigenvalue weighted by atomic mass is 10.1. The van der Waals surface area contributed by atoms with E-state index < -0.39 is 0 Å². The highest BCUT2D eigenvalue weighted by Crippen LogP contribution is 2.13. The molecule has 29 heavy (non-hydrogen) atoms. The van der Waals surface area contributed by atoms with E-state index in [4.69, 9.17) is 9.41 Å². The number of amides is 1. The number of guanidine groups is 1. The molecule has 3 rings (SSSR count). The molecule has 0 spiro atoms. The summed E-state index contributed by atoms with van der Waals surface area (Å²) in [6.45, 7) is 10.6. The van der Waals surface area contributed by atoms with Gasteiger partial charge in [0.25, 0.3) is 5.91 Å². The fourth-order valence-corrected chi connectivity index (χ4v) is 3.56. The van der Waals surface area contributed by atoms with Crippen molar-refractivity contribution >= 4 is 35.8 Å². The zero-order valence-electron chi connectivity index (χ0n) is 17.6. The van der Waals surface area contributed by atoms with Crippen molar-refractivity contribution in [2.75, 3.05) is 39.3 Å². The summed E-state index contributed by atoms with van der Waals surface area (Å²) >= 11 is 0. The number of aliphatic imine (C=N–C) groups is 1. The maximum atomic E-state index is 12.4. The number of nitrogens with zero attached hydrogens (tertiary/aromatic N) is 5. The second kappa shape index (κ2) is 10.7. The summed E-state index contributed by atoms with van der Waals surface area (Å²) in [6.07, 6.45) is 2.41. The molecule has 3 heterocycles. The van der Waals surface area contributed by atoms with Gasteiger partial charge in [-0.25, -0.2) is 0 Å². The average Bonchev–Trinajstić information content (AvgIpc) is 3.31. The Morgan fingerprint density at radius 1 is 1.24 bits per heavy atom. The van der Waals surface area contributed by atoms with Gasteiger partial charge in [-0.3, -0.25) is 14.5 Å². The molecule has 160 valence electrons. The number of hydrogen-bond acceptors (Lipinski definition) is 4. The van der Waals surface area contributed by atoms with Crippen LogP contribution in [0.5, 0.6) is 0 Å². The van der Waals surface area contributed by atoms with E-state index in [-0.39, 0.29) is 29.9 Å². The van der Waals surface area contributed by atoms with Crippen LogP contribution in [0.4, 0.5) is 0 Å². The van der Waals surface area contributed by atoms with Crippen LogP contribution in [-0.2, 0) is 13.5 Å². The number of aryl methyl sites for hydroxylation is 2. The first-order valence-electron chi connectivity index (χ1n) is 9.86. The van der Waals surface area contributed by atoms with E-state index in [0.717, 1.165) is 37.7 Å². The summed E-state index contributed by atoms with van der Waals surface area (Å²) < 4.78 is 7.16. The van der Waals surface area contributed by atoms with Crippen molar-refractivity contribution in [2.24, 2.45) is 12.0 Å². The molecule has 1 aliphatic rings. The lowest BCUT2D eigenvalue weighted by Crippen LogP contribution is -2.53. The Morgan fingerprint density at radius 2 is 1.93 bits per heavy atom. The molecular weight excluding hydrogens is 483 g/mol. The molecule has 0 radical (unpaired) electrons. The van der Waals surface area contributed by atoms with Crippen LogP contribution in [0.1, 0.15) is 34.4 Å². The summed E-state index contributed by atoms with van der Waals surface area (Å²) in [7, 11) is 1.97. The summed E-state index contributed by atoms with van der Waals surface area (Å²) in [6, 6.07) is 3.45. The Morgan fingerprint density at radius 3 is 2.48 bits per heavy atom. The van der Waals surface area contributed by atoms with Gasteiger partial charge in [-0.05, 0) is 44.9 Å². The van der Waals surface area contributed by atoms with Crippen LogP contribution in [0, 0.1) is 13.8 Å². The van der Waals surface area contributed by atoms with E-state index in [2.05, 4.69) is 29.2 Å².